The molecule has 6 heteroatoms. The van der Waals surface area contributed by atoms with Gasteiger partial charge < -0.3 is 15.2 Å². The second-order valence-corrected chi connectivity index (χ2v) is 6.19. The van der Waals surface area contributed by atoms with Crippen molar-refractivity contribution in [1.29, 1.82) is 0 Å². The van der Waals surface area contributed by atoms with Crippen LogP contribution in [-0.2, 0) is 16.0 Å². The molecule has 1 aliphatic heterocycles. The van der Waals surface area contributed by atoms with E-state index in [0.717, 1.165) is 12.1 Å². The SMILES string of the molecule is CC(C)(C)N1CC(C(=O)NCCc2cnc[nH]2)CC1=O. The molecule has 2 amide bonds. The number of likely N-dealkylation sites (tertiary alicyclic amines) is 1. The molecule has 1 aliphatic rings. The van der Waals surface area contributed by atoms with Gasteiger partial charge in [-0.2, -0.15) is 0 Å². The van der Waals surface area contributed by atoms with E-state index >= 15 is 0 Å². The third kappa shape index (κ3) is 3.37. The lowest BCUT2D eigenvalue weighted by atomic mass is 10.1. The summed E-state index contributed by atoms with van der Waals surface area (Å²) in [6.07, 6.45) is 4.39. The van der Waals surface area contributed by atoms with Gasteiger partial charge in [0, 0.05) is 43.4 Å². The molecule has 1 atom stereocenters. The Morgan fingerprint density at radius 1 is 1.55 bits per heavy atom. The highest BCUT2D eigenvalue weighted by Crippen LogP contribution is 2.25. The first-order valence-electron chi connectivity index (χ1n) is 6.93. The van der Waals surface area contributed by atoms with Crippen molar-refractivity contribution in [2.75, 3.05) is 13.1 Å². The minimum Gasteiger partial charge on any atom is -0.355 e. The second kappa shape index (κ2) is 5.64. The van der Waals surface area contributed by atoms with E-state index in [0.29, 0.717) is 19.5 Å². The Hall–Kier alpha value is -1.85. The van der Waals surface area contributed by atoms with Crippen LogP contribution in [0.15, 0.2) is 12.5 Å². The molecular weight excluding hydrogens is 256 g/mol. The normalized spacial score (nSPS) is 19.4. The Bertz CT molecular complexity index is 476. The summed E-state index contributed by atoms with van der Waals surface area (Å²) in [6, 6.07) is 0. The quantitative estimate of drug-likeness (QED) is 0.851. The Labute approximate surface area is 119 Å². The Balaban J connectivity index is 1.80. The monoisotopic (exact) mass is 278 g/mol. The van der Waals surface area contributed by atoms with Crippen molar-refractivity contribution in [3.63, 3.8) is 0 Å². The van der Waals surface area contributed by atoms with Gasteiger partial charge in [0.1, 0.15) is 0 Å². The molecule has 110 valence electrons. The molecular formula is C14H22N4O2. The van der Waals surface area contributed by atoms with E-state index < -0.39 is 0 Å². The van der Waals surface area contributed by atoms with E-state index in [-0.39, 0.29) is 23.3 Å². The molecule has 0 radical (unpaired) electrons. The highest BCUT2D eigenvalue weighted by molar-refractivity contribution is 5.89. The fourth-order valence-electron chi connectivity index (χ4n) is 2.42. The minimum atomic E-state index is -0.233. The summed E-state index contributed by atoms with van der Waals surface area (Å²) in [7, 11) is 0. The van der Waals surface area contributed by atoms with E-state index in [1.165, 1.54) is 0 Å². The van der Waals surface area contributed by atoms with Gasteiger partial charge in [-0.15, -0.1) is 0 Å². The van der Waals surface area contributed by atoms with E-state index in [9.17, 15) is 9.59 Å². The molecule has 2 heterocycles. The Morgan fingerprint density at radius 3 is 2.85 bits per heavy atom. The van der Waals surface area contributed by atoms with Gasteiger partial charge in [0.2, 0.25) is 11.8 Å². The van der Waals surface area contributed by atoms with E-state index in [1.54, 1.807) is 17.4 Å². The minimum absolute atomic E-state index is 0.0374. The third-order valence-electron chi connectivity index (χ3n) is 3.55. The zero-order chi connectivity index (χ0) is 14.8. The first-order valence-corrected chi connectivity index (χ1v) is 6.93. The maximum Gasteiger partial charge on any atom is 0.225 e. The van der Waals surface area contributed by atoms with Crippen LogP contribution in [-0.4, -0.2) is 45.3 Å². The lowest BCUT2D eigenvalue weighted by Crippen LogP contribution is -2.43. The van der Waals surface area contributed by atoms with Gasteiger partial charge in [0.05, 0.1) is 12.2 Å². The number of aromatic nitrogens is 2. The summed E-state index contributed by atoms with van der Waals surface area (Å²) in [5.41, 5.74) is 0.770. The van der Waals surface area contributed by atoms with Gasteiger partial charge in [0.15, 0.2) is 0 Å². The van der Waals surface area contributed by atoms with E-state index in [1.807, 2.05) is 20.8 Å². The van der Waals surface area contributed by atoms with Crippen LogP contribution in [0.25, 0.3) is 0 Å². The number of carbonyl (C=O) groups excluding carboxylic acids is 2. The summed E-state index contributed by atoms with van der Waals surface area (Å²) >= 11 is 0. The van der Waals surface area contributed by atoms with Crippen LogP contribution in [0.1, 0.15) is 32.9 Å². The van der Waals surface area contributed by atoms with Crippen LogP contribution >= 0.6 is 0 Å². The Kier molecular flexibility index (Phi) is 4.11. The molecule has 0 aromatic carbocycles. The van der Waals surface area contributed by atoms with Gasteiger partial charge in [-0.3, -0.25) is 9.59 Å². The maximum absolute atomic E-state index is 12.1. The number of imidazole rings is 1. The summed E-state index contributed by atoms with van der Waals surface area (Å²) < 4.78 is 0. The van der Waals surface area contributed by atoms with Crippen molar-refractivity contribution < 1.29 is 9.59 Å². The lowest BCUT2D eigenvalue weighted by Gasteiger charge is -2.31. The summed E-state index contributed by atoms with van der Waals surface area (Å²) in [4.78, 5) is 32.7. The number of nitrogens with one attached hydrogen (secondary N) is 2. The summed E-state index contributed by atoms with van der Waals surface area (Å²) in [5, 5.41) is 2.89. The number of hydrogen-bond acceptors (Lipinski definition) is 3. The first-order chi connectivity index (χ1) is 9.38. The zero-order valence-corrected chi connectivity index (χ0v) is 12.3. The molecule has 1 aromatic heterocycles. The van der Waals surface area contributed by atoms with Crippen LogP contribution in [0.4, 0.5) is 0 Å². The van der Waals surface area contributed by atoms with Gasteiger partial charge in [0.25, 0.3) is 0 Å². The molecule has 0 saturated carbocycles. The molecule has 2 rings (SSSR count). The molecule has 1 aromatic rings. The fraction of sp³-hybridized carbons (Fsp3) is 0.643. The van der Waals surface area contributed by atoms with Crippen LogP contribution in [0.3, 0.4) is 0 Å². The number of H-pyrrole nitrogens is 1. The number of rotatable bonds is 4. The molecule has 0 aliphatic carbocycles. The van der Waals surface area contributed by atoms with Crippen molar-refractivity contribution >= 4 is 11.8 Å². The standard InChI is InChI=1S/C14H22N4O2/c1-14(2,3)18-8-10(6-12(18)19)13(20)16-5-4-11-7-15-9-17-11/h7,9-10H,4-6,8H2,1-3H3,(H,15,17)(H,16,20). The number of aromatic amines is 1. The van der Waals surface area contributed by atoms with Crippen LogP contribution < -0.4 is 5.32 Å². The lowest BCUT2D eigenvalue weighted by molar-refractivity contribution is -0.132. The third-order valence-corrected chi connectivity index (χ3v) is 3.55. The summed E-state index contributed by atoms with van der Waals surface area (Å²) in [6.45, 7) is 7.04. The molecule has 1 fully saturated rings. The average Bonchev–Trinajstić information content (AvgIpc) is 2.97. The van der Waals surface area contributed by atoms with Crippen molar-refractivity contribution in [3.05, 3.63) is 18.2 Å². The molecule has 2 N–H and O–H groups in total. The van der Waals surface area contributed by atoms with Crippen molar-refractivity contribution in [2.24, 2.45) is 5.92 Å². The van der Waals surface area contributed by atoms with Gasteiger partial charge in [-0.25, -0.2) is 4.98 Å². The predicted octanol–water partition coefficient (Wildman–Crippen LogP) is 0.715. The smallest absolute Gasteiger partial charge is 0.225 e. The number of amides is 2. The highest BCUT2D eigenvalue weighted by Gasteiger charge is 2.39. The van der Waals surface area contributed by atoms with Gasteiger partial charge >= 0.3 is 0 Å². The van der Waals surface area contributed by atoms with Crippen LogP contribution in [0, 0.1) is 5.92 Å². The van der Waals surface area contributed by atoms with Crippen molar-refractivity contribution in [2.45, 2.75) is 39.2 Å². The van der Waals surface area contributed by atoms with Gasteiger partial charge in [-0.05, 0) is 20.8 Å². The molecule has 0 bridgehead atoms. The van der Waals surface area contributed by atoms with Crippen molar-refractivity contribution in [1.82, 2.24) is 20.2 Å². The number of nitrogens with zero attached hydrogens (tertiary/aromatic N) is 2. The largest absolute Gasteiger partial charge is 0.355 e. The second-order valence-electron chi connectivity index (χ2n) is 6.19. The molecule has 1 unspecified atom stereocenters. The molecule has 6 nitrogen and oxygen atoms in total. The van der Waals surface area contributed by atoms with Crippen LogP contribution in [0.5, 0.6) is 0 Å². The average molecular weight is 278 g/mol. The fourth-order valence-corrected chi connectivity index (χ4v) is 2.42. The molecule has 0 spiro atoms. The predicted molar refractivity (Wildman–Crippen MR) is 74.9 cm³/mol. The maximum atomic E-state index is 12.1. The number of carbonyl (C=O) groups is 2. The van der Waals surface area contributed by atoms with Crippen molar-refractivity contribution in [3.8, 4) is 0 Å². The van der Waals surface area contributed by atoms with E-state index in [2.05, 4.69) is 15.3 Å². The van der Waals surface area contributed by atoms with E-state index in [4.69, 9.17) is 0 Å². The first kappa shape index (κ1) is 14.6. The Morgan fingerprint density at radius 2 is 2.30 bits per heavy atom. The molecule has 20 heavy (non-hydrogen) atoms. The van der Waals surface area contributed by atoms with Gasteiger partial charge in [-0.1, -0.05) is 0 Å². The topological polar surface area (TPSA) is 78.1 Å². The van der Waals surface area contributed by atoms with Crippen LogP contribution in [0.2, 0.25) is 0 Å². The number of hydrogen-bond donors (Lipinski definition) is 2. The highest BCUT2D eigenvalue weighted by atomic mass is 16.2. The summed E-state index contributed by atoms with van der Waals surface area (Å²) in [5.74, 6) is -0.209. The zero-order valence-electron chi connectivity index (χ0n) is 12.3. The molecule has 1 saturated heterocycles.